The molecule has 2 heterocycles. The molecule has 0 saturated heterocycles. The van der Waals surface area contributed by atoms with E-state index in [1.165, 1.54) is 32.1 Å². The van der Waals surface area contributed by atoms with Crippen molar-refractivity contribution in [1.82, 2.24) is 20.3 Å². The zero-order valence-corrected chi connectivity index (χ0v) is 17.5. The van der Waals surface area contributed by atoms with E-state index in [4.69, 9.17) is 10.1 Å². The molecule has 0 aromatic carbocycles. The molecule has 2 aromatic heterocycles. The van der Waals surface area contributed by atoms with Gasteiger partial charge in [0.2, 0.25) is 5.95 Å². The SMILES string of the molecule is CCCCNc1ncc(-c2ccc(CNCCO)cn2)c(NC2CCCCC2)n1. The van der Waals surface area contributed by atoms with Gasteiger partial charge in [-0.05, 0) is 30.9 Å². The van der Waals surface area contributed by atoms with Crippen molar-refractivity contribution >= 4 is 11.8 Å². The molecule has 29 heavy (non-hydrogen) atoms. The molecule has 2 aromatic rings. The average molecular weight is 399 g/mol. The summed E-state index contributed by atoms with van der Waals surface area (Å²) >= 11 is 0. The number of aromatic nitrogens is 3. The fourth-order valence-corrected chi connectivity index (χ4v) is 3.58. The third-order valence-corrected chi connectivity index (χ3v) is 5.27. The third kappa shape index (κ3) is 6.65. The second-order valence-corrected chi connectivity index (χ2v) is 7.67. The molecular formula is C22H34N6O. The second kappa shape index (κ2) is 11.7. The van der Waals surface area contributed by atoms with Crippen LogP contribution in [0.3, 0.4) is 0 Å². The highest BCUT2D eigenvalue weighted by Gasteiger charge is 2.17. The highest BCUT2D eigenvalue weighted by Crippen LogP contribution is 2.28. The Labute approximate surface area is 173 Å². The van der Waals surface area contributed by atoms with Crippen molar-refractivity contribution in [2.75, 3.05) is 30.3 Å². The number of aliphatic hydroxyl groups excluding tert-OH is 1. The van der Waals surface area contributed by atoms with Gasteiger partial charge in [0, 0.05) is 38.1 Å². The van der Waals surface area contributed by atoms with Crippen LogP contribution in [0.1, 0.15) is 57.4 Å². The van der Waals surface area contributed by atoms with Crippen molar-refractivity contribution in [2.45, 2.75) is 64.5 Å². The van der Waals surface area contributed by atoms with Crippen molar-refractivity contribution in [3.63, 3.8) is 0 Å². The Morgan fingerprint density at radius 1 is 1.07 bits per heavy atom. The van der Waals surface area contributed by atoms with Crippen molar-refractivity contribution in [3.05, 3.63) is 30.1 Å². The van der Waals surface area contributed by atoms with Gasteiger partial charge in [-0.3, -0.25) is 4.98 Å². The molecule has 4 N–H and O–H groups in total. The summed E-state index contributed by atoms with van der Waals surface area (Å²) in [4.78, 5) is 13.9. The largest absolute Gasteiger partial charge is 0.395 e. The van der Waals surface area contributed by atoms with Crippen LogP contribution in [-0.2, 0) is 6.54 Å². The van der Waals surface area contributed by atoms with Crippen LogP contribution in [0.2, 0.25) is 0 Å². The molecule has 1 aliphatic carbocycles. The summed E-state index contributed by atoms with van der Waals surface area (Å²) in [5.41, 5.74) is 2.89. The van der Waals surface area contributed by atoms with Crippen molar-refractivity contribution < 1.29 is 5.11 Å². The fourth-order valence-electron chi connectivity index (χ4n) is 3.58. The zero-order valence-electron chi connectivity index (χ0n) is 17.5. The Morgan fingerprint density at radius 2 is 1.93 bits per heavy atom. The predicted octanol–water partition coefficient (Wildman–Crippen LogP) is 3.58. The Balaban J connectivity index is 1.77. The maximum absolute atomic E-state index is 8.89. The Bertz CT molecular complexity index is 731. The van der Waals surface area contributed by atoms with Crippen LogP contribution in [0.15, 0.2) is 24.5 Å². The first-order chi connectivity index (χ1) is 14.3. The van der Waals surface area contributed by atoms with E-state index < -0.39 is 0 Å². The molecule has 0 unspecified atom stereocenters. The highest BCUT2D eigenvalue weighted by atomic mass is 16.3. The van der Waals surface area contributed by atoms with E-state index in [-0.39, 0.29) is 6.61 Å². The quantitative estimate of drug-likeness (QED) is 0.430. The van der Waals surface area contributed by atoms with Crippen LogP contribution < -0.4 is 16.0 Å². The third-order valence-electron chi connectivity index (χ3n) is 5.27. The topological polar surface area (TPSA) is 95.0 Å². The lowest BCUT2D eigenvalue weighted by atomic mass is 9.95. The molecule has 1 aliphatic rings. The first kappa shape index (κ1) is 21.5. The number of unbranched alkanes of at least 4 members (excludes halogenated alkanes) is 1. The van der Waals surface area contributed by atoms with Gasteiger partial charge in [0.1, 0.15) is 5.82 Å². The molecule has 0 aliphatic heterocycles. The molecule has 158 valence electrons. The van der Waals surface area contributed by atoms with Gasteiger partial charge in [-0.2, -0.15) is 4.98 Å². The van der Waals surface area contributed by atoms with Crippen LogP contribution >= 0.6 is 0 Å². The Hall–Kier alpha value is -2.25. The molecule has 0 bridgehead atoms. The van der Waals surface area contributed by atoms with Crippen molar-refractivity contribution in [1.29, 1.82) is 0 Å². The van der Waals surface area contributed by atoms with Crippen LogP contribution in [0.25, 0.3) is 11.3 Å². The standard InChI is InChI=1S/C22H34N6O/c1-2-3-11-24-22-26-16-19(21(28-22)27-18-7-5-4-6-8-18)20-10-9-17(15-25-20)14-23-12-13-29/h9-10,15-16,18,23,29H,2-8,11-14H2,1H3,(H2,24,26,27,28). The smallest absolute Gasteiger partial charge is 0.224 e. The van der Waals surface area contributed by atoms with E-state index in [1.807, 2.05) is 18.5 Å². The van der Waals surface area contributed by atoms with Gasteiger partial charge < -0.3 is 21.1 Å². The second-order valence-electron chi connectivity index (χ2n) is 7.67. The van der Waals surface area contributed by atoms with Gasteiger partial charge in [-0.25, -0.2) is 4.98 Å². The number of pyridine rings is 1. The van der Waals surface area contributed by atoms with Gasteiger partial charge in [-0.1, -0.05) is 38.7 Å². The van der Waals surface area contributed by atoms with Gasteiger partial charge in [0.05, 0.1) is 17.9 Å². The molecule has 7 nitrogen and oxygen atoms in total. The average Bonchev–Trinajstić information content (AvgIpc) is 2.76. The summed E-state index contributed by atoms with van der Waals surface area (Å²) in [6.07, 6.45) is 12.2. The molecule has 1 saturated carbocycles. The maximum atomic E-state index is 8.89. The molecule has 0 radical (unpaired) electrons. The number of nitrogens with zero attached hydrogens (tertiary/aromatic N) is 3. The van der Waals surface area contributed by atoms with E-state index in [0.29, 0.717) is 25.1 Å². The van der Waals surface area contributed by atoms with Gasteiger partial charge >= 0.3 is 0 Å². The van der Waals surface area contributed by atoms with Crippen molar-refractivity contribution in [2.24, 2.45) is 0 Å². The van der Waals surface area contributed by atoms with E-state index in [2.05, 4.69) is 38.9 Å². The fraction of sp³-hybridized carbons (Fsp3) is 0.591. The number of aliphatic hydroxyl groups is 1. The molecule has 0 spiro atoms. The zero-order chi connectivity index (χ0) is 20.3. The summed E-state index contributed by atoms with van der Waals surface area (Å²) in [6, 6.07) is 4.54. The first-order valence-electron chi connectivity index (χ1n) is 10.9. The van der Waals surface area contributed by atoms with Gasteiger partial charge in [0.15, 0.2) is 0 Å². The predicted molar refractivity (Wildman–Crippen MR) is 118 cm³/mol. The van der Waals surface area contributed by atoms with E-state index in [9.17, 15) is 0 Å². The molecule has 0 amide bonds. The first-order valence-corrected chi connectivity index (χ1v) is 10.9. The molecule has 7 heteroatoms. The van der Waals surface area contributed by atoms with E-state index in [0.717, 1.165) is 42.0 Å². The number of anilines is 2. The summed E-state index contributed by atoms with van der Waals surface area (Å²) in [5.74, 6) is 1.54. The van der Waals surface area contributed by atoms with E-state index >= 15 is 0 Å². The Morgan fingerprint density at radius 3 is 2.66 bits per heavy atom. The number of hydrogen-bond acceptors (Lipinski definition) is 7. The minimum Gasteiger partial charge on any atom is -0.395 e. The van der Waals surface area contributed by atoms with Gasteiger partial charge in [0.25, 0.3) is 0 Å². The molecule has 0 atom stereocenters. The van der Waals surface area contributed by atoms with Gasteiger partial charge in [-0.15, -0.1) is 0 Å². The van der Waals surface area contributed by atoms with Crippen LogP contribution in [0.5, 0.6) is 0 Å². The lowest BCUT2D eigenvalue weighted by Gasteiger charge is -2.24. The number of nitrogens with one attached hydrogen (secondary N) is 3. The number of hydrogen-bond donors (Lipinski definition) is 4. The maximum Gasteiger partial charge on any atom is 0.224 e. The van der Waals surface area contributed by atoms with Crippen LogP contribution in [0, 0.1) is 0 Å². The summed E-state index contributed by atoms with van der Waals surface area (Å²) in [7, 11) is 0. The van der Waals surface area contributed by atoms with Crippen LogP contribution in [0.4, 0.5) is 11.8 Å². The van der Waals surface area contributed by atoms with Crippen LogP contribution in [-0.4, -0.2) is 45.8 Å². The van der Waals surface area contributed by atoms with Crippen molar-refractivity contribution in [3.8, 4) is 11.3 Å². The summed E-state index contributed by atoms with van der Waals surface area (Å²) in [5, 5.41) is 19.1. The minimum atomic E-state index is 0.137. The number of rotatable bonds is 11. The molecular weight excluding hydrogens is 364 g/mol. The Kier molecular flexibility index (Phi) is 8.64. The summed E-state index contributed by atoms with van der Waals surface area (Å²) in [6.45, 7) is 4.47. The highest BCUT2D eigenvalue weighted by molar-refractivity contribution is 5.72. The minimum absolute atomic E-state index is 0.137. The lowest BCUT2D eigenvalue weighted by molar-refractivity contribution is 0.292. The normalized spacial score (nSPS) is 14.7. The lowest BCUT2D eigenvalue weighted by Crippen LogP contribution is -2.23. The molecule has 3 rings (SSSR count). The molecule has 1 fully saturated rings. The monoisotopic (exact) mass is 398 g/mol. The van der Waals surface area contributed by atoms with E-state index in [1.54, 1.807) is 0 Å². The summed E-state index contributed by atoms with van der Waals surface area (Å²) < 4.78 is 0.